The summed E-state index contributed by atoms with van der Waals surface area (Å²) in [6.45, 7) is 3.86. The summed E-state index contributed by atoms with van der Waals surface area (Å²) < 4.78 is 12.2. The summed E-state index contributed by atoms with van der Waals surface area (Å²) in [6.07, 6.45) is 2.94. The summed E-state index contributed by atoms with van der Waals surface area (Å²) in [4.78, 5) is 29.9. The highest BCUT2D eigenvalue weighted by Gasteiger charge is 2.22. The Kier molecular flexibility index (Phi) is 5.03. The maximum atomic E-state index is 13.3. The highest BCUT2D eigenvalue weighted by atomic mass is 79.9. The Labute approximate surface area is 175 Å². The number of aromatic nitrogens is 1. The van der Waals surface area contributed by atoms with Crippen molar-refractivity contribution in [2.75, 3.05) is 0 Å². The first-order valence-corrected chi connectivity index (χ1v) is 9.69. The first-order chi connectivity index (χ1) is 13.9. The van der Waals surface area contributed by atoms with Crippen molar-refractivity contribution >= 4 is 32.9 Å². The molecule has 2 aromatic carbocycles. The molecule has 0 atom stereocenters. The fourth-order valence-electron chi connectivity index (χ4n) is 2.98. The molecule has 0 saturated carbocycles. The number of hydrogen-bond acceptors (Lipinski definition) is 5. The highest BCUT2D eigenvalue weighted by Crippen LogP contribution is 2.32. The van der Waals surface area contributed by atoms with Gasteiger partial charge in [-0.15, -0.1) is 0 Å². The smallest absolute Gasteiger partial charge is 0.345 e. The Balaban J connectivity index is 1.93. The Morgan fingerprint density at radius 3 is 2.48 bits per heavy atom. The maximum absolute atomic E-state index is 13.3. The predicted octanol–water partition coefficient (Wildman–Crippen LogP) is 5.45. The third-order valence-corrected chi connectivity index (χ3v) is 5.07. The van der Waals surface area contributed by atoms with Crippen LogP contribution in [0.4, 0.5) is 0 Å². The molecular formula is C23H16BrNO4. The third kappa shape index (κ3) is 3.71. The van der Waals surface area contributed by atoms with Crippen LogP contribution < -0.4 is 10.2 Å². The number of rotatable bonds is 3. The van der Waals surface area contributed by atoms with Gasteiger partial charge in [0.05, 0.1) is 10.9 Å². The normalized spacial score (nSPS) is 10.9. The van der Waals surface area contributed by atoms with Gasteiger partial charge in [0.15, 0.2) is 5.76 Å². The third-order valence-electron chi connectivity index (χ3n) is 4.64. The number of pyridine rings is 1. The molecule has 2 heterocycles. The van der Waals surface area contributed by atoms with Gasteiger partial charge in [0, 0.05) is 22.4 Å². The largest absolute Gasteiger partial charge is 0.452 e. The zero-order valence-corrected chi connectivity index (χ0v) is 17.3. The molecule has 4 rings (SSSR count). The van der Waals surface area contributed by atoms with Crippen LogP contribution in [0.5, 0.6) is 5.75 Å². The first kappa shape index (κ1) is 19.1. The Bertz CT molecular complexity index is 1300. The van der Waals surface area contributed by atoms with E-state index in [2.05, 4.69) is 20.9 Å². The quantitative estimate of drug-likeness (QED) is 0.388. The minimum Gasteiger partial charge on any atom is -0.452 e. The average Bonchev–Trinajstić information content (AvgIpc) is 2.72. The van der Waals surface area contributed by atoms with Crippen LogP contribution in [0.2, 0.25) is 0 Å². The summed E-state index contributed by atoms with van der Waals surface area (Å²) in [5.41, 5.74) is 2.86. The Hall–Kier alpha value is -3.25. The fraction of sp³-hybridized carbons (Fsp3) is 0.0870. The second-order valence-electron chi connectivity index (χ2n) is 6.67. The van der Waals surface area contributed by atoms with Crippen molar-refractivity contribution in [2.45, 2.75) is 13.8 Å². The monoisotopic (exact) mass is 449 g/mol. The number of carbonyl (C=O) groups is 1. The van der Waals surface area contributed by atoms with E-state index >= 15 is 0 Å². The molecule has 6 heteroatoms. The van der Waals surface area contributed by atoms with E-state index in [1.807, 2.05) is 38.1 Å². The lowest BCUT2D eigenvalue weighted by molar-refractivity contribution is 0.0731. The minimum absolute atomic E-state index is 0.142. The molecule has 0 radical (unpaired) electrons. The number of fused-ring (bicyclic) bond motifs is 1. The van der Waals surface area contributed by atoms with Crippen molar-refractivity contribution in [3.63, 3.8) is 0 Å². The Morgan fingerprint density at radius 2 is 1.76 bits per heavy atom. The van der Waals surface area contributed by atoms with E-state index in [1.165, 1.54) is 6.20 Å². The fourth-order valence-corrected chi connectivity index (χ4v) is 3.35. The van der Waals surface area contributed by atoms with Crippen LogP contribution >= 0.6 is 15.9 Å². The van der Waals surface area contributed by atoms with Crippen molar-refractivity contribution in [2.24, 2.45) is 0 Å². The van der Waals surface area contributed by atoms with Gasteiger partial charge in [-0.1, -0.05) is 30.3 Å². The SMILES string of the molecule is Cc1cc2oc(-c3ccccc3)c(OC(=O)c3cncc(Br)c3)c(=O)c2cc1C. The zero-order chi connectivity index (χ0) is 20.5. The number of aryl methyl sites for hydroxylation is 2. The van der Waals surface area contributed by atoms with E-state index in [0.29, 0.717) is 21.0 Å². The van der Waals surface area contributed by atoms with Gasteiger partial charge >= 0.3 is 5.97 Å². The molecule has 29 heavy (non-hydrogen) atoms. The van der Waals surface area contributed by atoms with Crippen LogP contribution in [0.1, 0.15) is 21.5 Å². The molecular weight excluding hydrogens is 434 g/mol. The molecule has 0 aliphatic heterocycles. The first-order valence-electron chi connectivity index (χ1n) is 8.90. The van der Waals surface area contributed by atoms with E-state index in [4.69, 9.17) is 9.15 Å². The number of carbonyl (C=O) groups excluding carboxylic acids is 1. The number of esters is 1. The maximum Gasteiger partial charge on any atom is 0.345 e. The Morgan fingerprint density at radius 1 is 1.03 bits per heavy atom. The molecule has 0 bridgehead atoms. The molecule has 0 spiro atoms. The lowest BCUT2D eigenvalue weighted by atomic mass is 10.0. The van der Waals surface area contributed by atoms with Gasteiger partial charge in [-0.3, -0.25) is 9.78 Å². The van der Waals surface area contributed by atoms with Gasteiger partial charge in [-0.2, -0.15) is 0 Å². The van der Waals surface area contributed by atoms with Gasteiger partial charge in [0.25, 0.3) is 0 Å². The second-order valence-corrected chi connectivity index (χ2v) is 7.59. The molecule has 0 fully saturated rings. The van der Waals surface area contributed by atoms with E-state index in [9.17, 15) is 9.59 Å². The van der Waals surface area contributed by atoms with Crippen molar-refractivity contribution in [3.05, 3.63) is 92.3 Å². The molecule has 0 unspecified atom stereocenters. The summed E-state index contributed by atoms with van der Waals surface area (Å²) in [7, 11) is 0. The summed E-state index contributed by atoms with van der Waals surface area (Å²) in [6, 6.07) is 14.2. The topological polar surface area (TPSA) is 69.4 Å². The van der Waals surface area contributed by atoms with Crippen LogP contribution in [-0.4, -0.2) is 11.0 Å². The molecule has 0 saturated heterocycles. The van der Waals surface area contributed by atoms with Crippen LogP contribution in [0.3, 0.4) is 0 Å². The second kappa shape index (κ2) is 7.64. The number of nitrogens with zero attached hydrogens (tertiary/aromatic N) is 1. The molecule has 0 aliphatic carbocycles. The summed E-state index contributed by atoms with van der Waals surface area (Å²) in [5.74, 6) is -0.619. The van der Waals surface area contributed by atoms with E-state index < -0.39 is 11.4 Å². The molecule has 0 N–H and O–H groups in total. The number of benzene rings is 2. The summed E-state index contributed by atoms with van der Waals surface area (Å²) >= 11 is 3.28. The van der Waals surface area contributed by atoms with Gasteiger partial charge in [0.2, 0.25) is 11.2 Å². The van der Waals surface area contributed by atoms with Crippen LogP contribution in [0.15, 0.2) is 74.6 Å². The van der Waals surface area contributed by atoms with Crippen LogP contribution in [0.25, 0.3) is 22.3 Å². The van der Waals surface area contributed by atoms with Crippen LogP contribution in [0, 0.1) is 13.8 Å². The van der Waals surface area contributed by atoms with Gasteiger partial charge in [0.1, 0.15) is 5.58 Å². The predicted molar refractivity (Wildman–Crippen MR) is 114 cm³/mol. The molecule has 144 valence electrons. The number of hydrogen-bond donors (Lipinski definition) is 0. The zero-order valence-electron chi connectivity index (χ0n) is 15.7. The molecule has 2 aromatic heterocycles. The van der Waals surface area contributed by atoms with Crippen molar-refractivity contribution in [1.29, 1.82) is 0 Å². The van der Waals surface area contributed by atoms with Crippen molar-refractivity contribution in [3.8, 4) is 17.1 Å². The average molecular weight is 450 g/mol. The van der Waals surface area contributed by atoms with E-state index in [1.54, 1.807) is 30.5 Å². The van der Waals surface area contributed by atoms with E-state index in [-0.39, 0.29) is 17.1 Å². The van der Waals surface area contributed by atoms with Gasteiger partial charge in [-0.25, -0.2) is 4.79 Å². The summed E-state index contributed by atoms with van der Waals surface area (Å²) in [5, 5.41) is 0.364. The molecule has 5 nitrogen and oxygen atoms in total. The highest BCUT2D eigenvalue weighted by molar-refractivity contribution is 9.10. The van der Waals surface area contributed by atoms with E-state index in [0.717, 1.165) is 11.1 Å². The van der Waals surface area contributed by atoms with Gasteiger partial charge < -0.3 is 9.15 Å². The lowest BCUT2D eigenvalue weighted by Crippen LogP contribution is -2.16. The molecule has 4 aromatic rings. The lowest BCUT2D eigenvalue weighted by Gasteiger charge is -2.12. The van der Waals surface area contributed by atoms with Crippen LogP contribution in [-0.2, 0) is 0 Å². The standard InChI is InChI=1S/C23H16BrNO4/c1-13-8-18-19(9-14(13)2)28-21(15-6-4-3-5-7-15)22(20(18)26)29-23(27)16-10-17(24)12-25-11-16/h3-12H,1-2H3. The molecule has 0 aliphatic rings. The minimum atomic E-state index is -0.688. The number of halogens is 1. The number of ether oxygens (including phenoxy) is 1. The van der Waals surface area contributed by atoms with Crippen molar-refractivity contribution in [1.82, 2.24) is 4.98 Å². The molecule has 0 amide bonds. The van der Waals surface area contributed by atoms with Crippen molar-refractivity contribution < 1.29 is 13.9 Å². The van der Waals surface area contributed by atoms with Gasteiger partial charge in [-0.05, 0) is 59.1 Å².